The fourth-order valence-corrected chi connectivity index (χ4v) is 3.98. The summed E-state index contributed by atoms with van der Waals surface area (Å²) in [6.07, 6.45) is 5.76. The Hall–Kier alpha value is -1.84. The van der Waals surface area contributed by atoms with Gasteiger partial charge in [-0.05, 0) is 50.0 Å². The fraction of sp³-hybridized carbons (Fsp3) is 0.600. The van der Waals surface area contributed by atoms with Crippen LogP contribution in [0.25, 0.3) is 0 Å². The molecule has 4 heteroatoms. The van der Waals surface area contributed by atoms with Crippen molar-refractivity contribution in [2.24, 2.45) is 11.8 Å². The van der Waals surface area contributed by atoms with Crippen LogP contribution < -0.4 is 0 Å². The van der Waals surface area contributed by atoms with Gasteiger partial charge in [-0.2, -0.15) is 0 Å². The van der Waals surface area contributed by atoms with Crippen LogP contribution in [0.4, 0.5) is 0 Å². The SMILES string of the molecule is CC(=O)N1CCC(C(=O)OC2CCCC2Cc2ccccc2)CC1. The lowest BCUT2D eigenvalue weighted by atomic mass is 9.95. The van der Waals surface area contributed by atoms with E-state index in [1.807, 2.05) is 11.0 Å². The Morgan fingerprint density at radius 2 is 1.79 bits per heavy atom. The van der Waals surface area contributed by atoms with Gasteiger partial charge >= 0.3 is 5.97 Å². The van der Waals surface area contributed by atoms with Gasteiger partial charge in [0, 0.05) is 20.0 Å². The first-order valence-electron chi connectivity index (χ1n) is 9.13. The molecule has 3 rings (SSSR count). The quantitative estimate of drug-likeness (QED) is 0.797. The topological polar surface area (TPSA) is 46.6 Å². The number of ether oxygens (including phenoxy) is 1. The zero-order valence-corrected chi connectivity index (χ0v) is 14.4. The van der Waals surface area contributed by atoms with Crippen molar-refractivity contribution in [1.29, 1.82) is 0 Å². The van der Waals surface area contributed by atoms with Gasteiger partial charge in [0.1, 0.15) is 6.10 Å². The molecule has 24 heavy (non-hydrogen) atoms. The highest BCUT2D eigenvalue weighted by Gasteiger charge is 2.34. The maximum absolute atomic E-state index is 12.5. The lowest BCUT2D eigenvalue weighted by Crippen LogP contribution is -2.40. The molecule has 1 heterocycles. The Morgan fingerprint density at radius 3 is 2.46 bits per heavy atom. The molecule has 0 spiro atoms. The normalized spacial score (nSPS) is 24.8. The predicted molar refractivity (Wildman–Crippen MR) is 92.3 cm³/mol. The molecule has 4 nitrogen and oxygen atoms in total. The molecular weight excluding hydrogens is 302 g/mol. The zero-order valence-electron chi connectivity index (χ0n) is 14.4. The van der Waals surface area contributed by atoms with Gasteiger partial charge in [0.05, 0.1) is 5.92 Å². The number of amides is 1. The summed E-state index contributed by atoms with van der Waals surface area (Å²) in [5.74, 6) is 0.441. The van der Waals surface area contributed by atoms with Crippen molar-refractivity contribution in [1.82, 2.24) is 4.90 Å². The molecule has 1 saturated carbocycles. The monoisotopic (exact) mass is 329 g/mol. The summed E-state index contributed by atoms with van der Waals surface area (Å²) in [7, 11) is 0. The molecule has 0 bridgehead atoms. The molecule has 1 aromatic carbocycles. The van der Waals surface area contributed by atoms with E-state index in [-0.39, 0.29) is 23.9 Å². The summed E-state index contributed by atoms with van der Waals surface area (Å²) < 4.78 is 5.89. The van der Waals surface area contributed by atoms with Crippen molar-refractivity contribution in [3.05, 3.63) is 35.9 Å². The third kappa shape index (κ3) is 4.16. The summed E-state index contributed by atoms with van der Waals surface area (Å²) in [5, 5.41) is 0. The van der Waals surface area contributed by atoms with Crippen LogP contribution in [0.2, 0.25) is 0 Å². The van der Waals surface area contributed by atoms with E-state index in [2.05, 4.69) is 24.3 Å². The average Bonchev–Trinajstić information content (AvgIpc) is 3.02. The largest absolute Gasteiger partial charge is 0.462 e. The van der Waals surface area contributed by atoms with E-state index in [0.717, 1.165) is 38.5 Å². The first-order valence-corrected chi connectivity index (χ1v) is 9.13. The summed E-state index contributed by atoms with van der Waals surface area (Å²) in [5.41, 5.74) is 1.32. The molecule has 2 fully saturated rings. The first kappa shape index (κ1) is 17.0. The Kier molecular flexibility index (Phi) is 5.54. The van der Waals surface area contributed by atoms with Crippen LogP contribution in [0.15, 0.2) is 30.3 Å². The fourth-order valence-electron chi connectivity index (χ4n) is 3.98. The minimum absolute atomic E-state index is 0.0430. The third-order valence-electron chi connectivity index (χ3n) is 5.47. The predicted octanol–water partition coefficient (Wildman–Crippen LogP) is 3.20. The second-order valence-corrected chi connectivity index (χ2v) is 7.14. The minimum atomic E-state index is -0.0526. The summed E-state index contributed by atoms with van der Waals surface area (Å²) in [4.78, 5) is 25.7. The summed E-state index contributed by atoms with van der Waals surface area (Å²) >= 11 is 0. The molecule has 130 valence electrons. The Labute approximate surface area is 144 Å². The number of likely N-dealkylation sites (tertiary alicyclic amines) is 1. The number of rotatable bonds is 4. The number of nitrogens with zero attached hydrogens (tertiary/aromatic N) is 1. The lowest BCUT2D eigenvalue weighted by molar-refractivity contribution is -0.158. The smallest absolute Gasteiger partial charge is 0.309 e. The van der Waals surface area contributed by atoms with Crippen LogP contribution in [0.5, 0.6) is 0 Å². The van der Waals surface area contributed by atoms with Crippen LogP contribution in [-0.2, 0) is 20.7 Å². The van der Waals surface area contributed by atoms with Crippen LogP contribution in [0, 0.1) is 11.8 Å². The Bertz CT molecular complexity index is 564. The van der Waals surface area contributed by atoms with Gasteiger partial charge in [-0.3, -0.25) is 9.59 Å². The third-order valence-corrected chi connectivity index (χ3v) is 5.47. The molecule has 0 aromatic heterocycles. The van der Waals surface area contributed by atoms with Gasteiger partial charge in [0.2, 0.25) is 5.91 Å². The van der Waals surface area contributed by atoms with Crippen molar-refractivity contribution in [2.45, 2.75) is 51.6 Å². The number of hydrogen-bond donors (Lipinski definition) is 0. The maximum atomic E-state index is 12.5. The van der Waals surface area contributed by atoms with E-state index in [0.29, 0.717) is 19.0 Å². The maximum Gasteiger partial charge on any atom is 0.309 e. The van der Waals surface area contributed by atoms with Gasteiger partial charge < -0.3 is 9.64 Å². The number of esters is 1. The van der Waals surface area contributed by atoms with E-state index in [9.17, 15) is 9.59 Å². The van der Waals surface area contributed by atoms with Gasteiger partial charge in [-0.1, -0.05) is 30.3 Å². The van der Waals surface area contributed by atoms with Crippen LogP contribution in [-0.4, -0.2) is 36.0 Å². The molecule has 1 aliphatic heterocycles. The molecule has 0 radical (unpaired) electrons. The summed E-state index contributed by atoms with van der Waals surface area (Å²) in [6, 6.07) is 10.5. The minimum Gasteiger partial charge on any atom is -0.462 e. The van der Waals surface area contributed by atoms with Crippen molar-refractivity contribution < 1.29 is 14.3 Å². The average molecular weight is 329 g/mol. The number of carbonyl (C=O) groups is 2. The van der Waals surface area contributed by atoms with Crippen LogP contribution in [0.1, 0.15) is 44.6 Å². The number of hydrogen-bond acceptors (Lipinski definition) is 3. The molecular formula is C20H27NO3. The summed E-state index contributed by atoms with van der Waals surface area (Å²) in [6.45, 7) is 2.94. The van der Waals surface area contributed by atoms with E-state index in [1.165, 1.54) is 5.56 Å². The molecule has 1 aromatic rings. The number of piperidine rings is 1. The molecule has 0 N–H and O–H groups in total. The van der Waals surface area contributed by atoms with E-state index in [1.54, 1.807) is 6.92 Å². The van der Waals surface area contributed by atoms with Gasteiger partial charge in [0.25, 0.3) is 0 Å². The van der Waals surface area contributed by atoms with Crippen molar-refractivity contribution in [3.8, 4) is 0 Å². The van der Waals surface area contributed by atoms with E-state index >= 15 is 0 Å². The molecule has 1 saturated heterocycles. The first-order chi connectivity index (χ1) is 11.6. The highest BCUT2D eigenvalue weighted by molar-refractivity contribution is 5.75. The van der Waals surface area contributed by atoms with Crippen molar-refractivity contribution in [2.75, 3.05) is 13.1 Å². The highest BCUT2D eigenvalue weighted by atomic mass is 16.5. The van der Waals surface area contributed by atoms with Gasteiger partial charge in [-0.25, -0.2) is 0 Å². The van der Waals surface area contributed by atoms with Crippen molar-refractivity contribution in [3.63, 3.8) is 0 Å². The van der Waals surface area contributed by atoms with Crippen LogP contribution >= 0.6 is 0 Å². The van der Waals surface area contributed by atoms with E-state index < -0.39 is 0 Å². The van der Waals surface area contributed by atoms with E-state index in [4.69, 9.17) is 4.74 Å². The standard InChI is InChI=1S/C20H27NO3/c1-15(22)21-12-10-17(11-13-21)20(23)24-19-9-5-8-18(19)14-16-6-3-2-4-7-16/h2-4,6-7,17-19H,5,8-14H2,1H3. The lowest BCUT2D eigenvalue weighted by Gasteiger charge is -2.31. The molecule has 1 aliphatic carbocycles. The van der Waals surface area contributed by atoms with Crippen molar-refractivity contribution >= 4 is 11.9 Å². The Balaban J connectivity index is 1.51. The van der Waals surface area contributed by atoms with Gasteiger partial charge in [0.15, 0.2) is 0 Å². The molecule has 2 unspecified atom stereocenters. The van der Waals surface area contributed by atoms with Crippen LogP contribution in [0.3, 0.4) is 0 Å². The number of benzene rings is 1. The Morgan fingerprint density at radius 1 is 1.08 bits per heavy atom. The second kappa shape index (κ2) is 7.82. The molecule has 2 atom stereocenters. The molecule has 2 aliphatic rings. The number of carbonyl (C=O) groups excluding carboxylic acids is 2. The van der Waals surface area contributed by atoms with Gasteiger partial charge in [-0.15, -0.1) is 0 Å². The zero-order chi connectivity index (χ0) is 16.9. The highest BCUT2D eigenvalue weighted by Crippen LogP contribution is 2.32. The second-order valence-electron chi connectivity index (χ2n) is 7.14. The molecule has 1 amide bonds.